The summed E-state index contributed by atoms with van der Waals surface area (Å²) in [5, 5.41) is 10.2. The topological polar surface area (TPSA) is 29.5 Å². The van der Waals surface area contributed by atoms with Crippen LogP contribution < -0.4 is 0 Å². The number of benzene rings is 1. The zero-order valence-corrected chi connectivity index (χ0v) is 9.31. The summed E-state index contributed by atoms with van der Waals surface area (Å²) in [5.41, 5.74) is 2.13. The lowest BCUT2D eigenvalue weighted by molar-refractivity contribution is -0.0262. The van der Waals surface area contributed by atoms with E-state index >= 15 is 0 Å². The van der Waals surface area contributed by atoms with Crippen LogP contribution in [0.4, 0.5) is 0 Å². The molecule has 2 heteroatoms. The minimum absolute atomic E-state index is 0.0360. The van der Waals surface area contributed by atoms with E-state index in [1.54, 1.807) is 7.11 Å². The Labute approximate surface area is 90.9 Å². The Morgan fingerprint density at radius 3 is 2.53 bits per heavy atom. The maximum absolute atomic E-state index is 10.2. The van der Waals surface area contributed by atoms with Gasteiger partial charge >= 0.3 is 0 Å². The van der Waals surface area contributed by atoms with E-state index in [0.717, 1.165) is 11.1 Å². The van der Waals surface area contributed by atoms with Gasteiger partial charge in [-0.3, -0.25) is 0 Å². The zero-order valence-electron chi connectivity index (χ0n) is 9.31. The van der Waals surface area contributed by atoms with E-state index in [0.29, 0.717) is 5.92 Å². The molecule has 2 rings (SSSR count). The molecule has 1 N–H and O–H groups in total. The number of aryl methyl sites for hydroxylation is 1. The molecule has 0 bridgehead atoms. The average molecular weight is 206 g/mol. The minimum Gasteiger partial charge on any atom is -0.386 e. The molecule has 1 aliphatic carbocycles. The molecule has 2 nitrogen and oxygen atoms in total. The van der Waals surface area contributed by atoms with Crippen LogP contribution in [0.25, 0.3) is 0 Å². The number of hydrogen-bond acceptors (Lipinski definition) is 2. The first-order valence-corrected chi connectivity index (χ1v) is 5.50. The monoisotopic (exact) mass is 206 g/mol. The SMILES string of the molecule is COC(C1CC1)C(O)c1ccccc1C. The quantitative estimate of drug-likeness (QED) is 0.820. The van der Waals surface area contributed by atoms with Crippen molar-refractivity contribution in [1.29, 1.82) is 0 Å². The predicted molar refractivity (Wildman–Crippen MR) is 59.7 cm³/mol. The third-order valence-electron chi connectivity index (χ3n) is 3.18. The Hall–Kier alpha value is -0.860. The first-order chi connectivity index (χ1) is 7.24. The highest BCUT2D eigenvalue weighted by Crippen LogP contribution is 2.40. The molecule has 0 amide bonds. The summed E-state index contributed by atoms with van der Waals surface area (Å²) in [6, 6.07) is 7.96. The van der Waals surface area contributed by atoms with Gasteiger partial charge in [0.25, 0.3) is 0 Å². The second kappa shape index (κ2) is 4.33. The van der Waals surface area contributed by atoms with Crippen LogP contribution in [0.3, 0.4) is 0 Å². The second-order valence-corrected chi connectivity index (χ2v) is 4.34. The van der Waals surface area contributed by atoms with Crippen molar-refractivity contribution in [2.45, 2.75) is 32.0 Å². The van der Waals surface area contributed by atoms with Crippen LogP contribution >= 0.6 is 0 Å². The van der Waals surface area contributed by atoms with Crippen molar-refractivity contribution < 1.29 is 9.84 Å². The van der Waals surface area contributed by atoms with Gasteiger partial charge in [0.15, 0.2) is 0 Å². The molecule has 0 aromatic heterocycles. The number of ether oxygens (including phenoxy) is 1. The summed E-state index contributed by atoms with van der Waals surface area (Å²) < 4.78 is 5.40. The standard InChI is InChI=1S/C13H18O2/c1-9-5-3-4-6-11(9)12(14)13(15-2)10-7-8-10/h3-6,10,12-14H,7-8H2,1-2H3. The Morgan fingerprint density at radius 1 is 1.33 bits per heavy atom. The van der Waals surface area contributed by atoms with Crippen LogP contribution in [0.5, 0.6) is 0 Å². The van der Waals surface area contributed by atoms with Crippen LogP contribution in [0.2, 0.25) is 0 Å². The molecular weight excluding hydrogens is 188 g/mol. The number of aliphatic hydroxyl groups is 1. The maximum atomic E-state index is 10.2. The average Bonchev–Trinajstić information content (AvgIpc) is 3.03. The summed E-state index contributed by atoms with van der Waals surface area (Å²) >= 11 is 0. The Kier molecular flexibility index (Phi) is 3.08. The van der Waals surface area contributed by atoms with Crippen molar-refractivity contribution in [2.75, 3.05) is 7.11 Å². The van der Waals surface area contributed by atoms with E-state index in [4.69, 9.17) is 4.74 Å². The smallest absolute Gasteiger partial charge is 0.106 e. The van der Waals surface area contributed by atoms with E-state index in [-0.39, 0.29) is 6.10 Å². The first kappa shape index (κ1) is 10.7. The first-order valence-electron chi connectivity index (χ1n) is 5.50. The van der Waals surface area contributed by atoms with Crippen molar-refractivity contribution in [3.05, 3.63) is 35.4 Å². The molecule has 0 aliphatic heterocycles. The number of rotatable bonds is 4. The van der Waals surface area contributed by atoms with Crippen LogP contribution in [-0.4, -0.2) is 18.3 Å². The van der Waals surface area contributed by atoms with Gasteiger partial charge in [-0.2, -0.15) is 0 Å². The predicted octanol–water partition coefficient (Wildman–Crippen LogP) is 2.45. The van der Waals surface area contributed by atoms with Crippen LogP contribution in [-0.2, 0) is 4.74 Å². The molecule has 1 aliphatic rings. The van der Waals surface area contributed by atoms with Crippen molar-refractivity contribution in [2.24, 2.45) is 5.92 Å². The van der Waals surface area contributed by atoms with Crippen molar-refractivity contribution in [3.63, 3.8) is 0 Å². The van der Waals surface area contributed by atoms with Crippen LogP contribution in [0, 0.1) is 12.8 Å². The molecule has 0 saturated heterocycles. The van der Waals surface area contributed by atoms with Gasteiger partial charge < -0.3 is 9.84 Å². The highest BCUT2D eigenvalue weighted by molar-refractivity contribution is 5.28. The highest BCUT2D eigenvalue weighted by atomic mass is 16.5. The highest BCUT2D eigenvalue weighted by Gasteiger charge is 2.36. The molecule has 0 spiro atoms. The van der Waals surface area contributed by atoms with Crippen LogP contribution in [0.15, 0.2) is 24.3 Å². The van der Waals surface area contributed by atoms with E-state index in [2.05, 4.69) is 0 Å². The number of methoxy groups -OCH3 is 1. The molecule has 1 saturated carbocycles. The van der Waals surface area contributed by atoms with Crippen molar-refractivity contribution in [1.82, 2.24) is 0 Å². The fourth-order valence-electron chi connectivity index (χ4n) is 2.10. The molecule has 0 heterocycles. The molecule has 15 heavy (non-hydrogen) atoms. The van der Waals surface area contributed by atoms with Gasteiger partial charge in [-0.15, -0.1) is 0 Å². The Bertz CT molecular complexity index is 331. The molecule has 2 unspecified atom stereocenters. The van der Waals surface area contributed by atoms with Gasteiger partial charge in [0.2, 0.25) is 0 Å². The van der Waals surface area contributed by atoms with Crippen molar-refractivity contribution in [3.8, 4) is 0 Å². The normalized spacial score (nSPS) is 19.9. The van der Waals surface area contributed by atoms with Gasteiger partial charge in [-0.25, -0.2) is 0 Å². The lowest BCUT2D eigenvalue weighted by atomic mass is 9.97. The molecule has 1 aromatic carbocycles. The molecule has 2 atom stereocenters. The maximum Gasteiger partial charge on any atom is 0.106 e. The second-order valence-electron chi connectivity index (χ2n) is 4.34. The van der Waals surface area contributed by atoms with E-state index < -0.39 is 6.10 Å². The molecule has 82 valence electrons. The van der Waals surface area contributed by atoms with Crippen LogP contribution in [0.1, 0.15) is 30.1 Å². The Balaban J connectivity index is 2.18. The largest absolute Gasteiger partial charge is 0.386 e. The number of aliphatic hydroxyl groups excluding tert-OH is 1. The van der Waals surface area contributed by atoms with Gasteiger partial charge in [0.05, 0.1) is 6.10 Å². The molecule has 1 aromatic rings. The van der Waals surface area contributed by atoms with E-state index in [9.17, 15) is 5.11 Å². The van der Waals surface area contributed by atoms with Gasteiger partial charge in [0.1, 0.15) is 6.10 Å². The Morgan fingerprint density at radius 2 is 2.00 bits per heavy atom. The van der Waals surface area contributed by atoms with Gasteiger partial charge in [0, 0.05) is 7.11 Å². The summed E-state index contributed by atoms with van der Waals surface area (Å²) in [4.78, 5) is 0. The lowest BCUT2D eigenvalue weighted by Gasteiger charge is -2.22. The van der Waals surface area contributed by atoms with E-state index in [1.165, 1.54) is 12.8 Å². The fourth-order valence-corrected chi connectivity index (χ4v) is 2.10. The molecule has 1 fully saturated rings. The fraction of sp³-hybridized carbons (Fsp3) is 0.538. The zero-order chi connectivity index (χ0) is 10.8. The minimum atomic E-state index is -0.483. The third-order valence-corrected chi connectivity index (χ3v) is 3.18. The molecular formula is C13H18O2. The van der Waals surface area contributed by atoms with Crippen molar-refractivity contribution >= 4 is 0 Å². The summed E-state index contributed by atoms with van der Waals surface area (Å²) in [5.74, 6) is 0.546. The molecule has 0 radical (unpaired) electrons. The summed E-state index contributed by atoms with van der Waals surface area (Å²) in [6.07, 6.45) is 1.85. The van der Waals surface area contributed by atoms with E-state index in [1.807, 2.05) is 31.2 Å². The third kappa shape index (κ3) is 2.21. The summed E-state index contributed by atoms with van der Waals surface area (Å²) in [6.45, 7) is 2.03. The lowest BCUT2D eigenvalue weighted by Crippen LogP contribution is -2.23. The van der Waals surface area contributed by atoms with Gasteiger partial charge in [-0.05, 0) is 36.8 Å². The number of hydrogen-bond donors (Lipinski definition) is 1. The van der Waals surface area contributed by atoms with Gasteiger partial charge in [-0.1, -0.05) is 24.3 Å². The summed E-state index contributed by atoms with van der Waals surface area (Å²) in [7, 11) is 1.68.